The number of aliphatic hydroxyl groups excluding tert-OH is 2. The number of nitrogens with zero attached hydrogens (tertiary/aromatic N) is 4. The molecule has 1 aliphatic heterocycles. The van der Waals surface area contributed by atoms with Gasteiger partial charge in [0.1, 0.15) is 17.9 Å². The van der Waals surface area contributed by atoms with Gasteiger partial charge >= 0.3 is 7.60 Å². The number of nitrogens with two attached hydrogens (primary N) is 1. The maximum Gasteiger partial charge on any atom is 0.348 e. The molecule has 2 aromatic rings. The summed E-state index contributed by atoms with van der Waals surface area (Å²) in [6.45, 7) is -0.433. The summed E-state index contributed by atoms with van der Waals surface area (Å²) in [5, 5.41) is 19.9. The van der Waals surface area contributed by atoms with E-state index in [1.54, 1.807) is 0 Å². The Morgan fingerprint density at radius 3 is 2.79 bits per heavy atom. The van der Waals surface area contributed by atoms with E-state index in [9.17, 15) is 14.8 Å². The lowest BCUT2D eigenvalue weighted by atomic mass is 9.99. The van der Waals surface area contributed by atoms with Crippen LogP contribution in [-0.4, -0.2) is 58.3 Å². The molecule has 1 saturated heterocycles. The van der Waals surface area contributed by atoms with Crippen molar-refractivity contribution < 1.29 is 29.3 Å². The molecule has 6 N–H and O–H groups in total. The second-order valence-electron chi connectivity index (χ2n) is 5.34. The Morgan fingerprint density at radius 1 is 1.38 bits per heavy atom. The van der Waals surface area contributed by atoms with Crippen molar-refractivity contribution in [2.45, 2.75) is 18.4 Å². The van der Waals surface area contributed by atoms with Crippen LogP contribution in [-0.2, 0) is 9.30 Å². The average molecular weight is 357 g/mol. The van der Waals surface area contributed by atoms with E-state index in [1.165, 1.54) is 17.2 Å². The molecule has 0 spiro atoms. The molecule has 3 heterocycles. The van der Waals surface area contributed by atoms with E-state index in [4.69, 9.17) is 20.3 Å². The molecule has 130 valence electrons. The fourth-order valence-corrected chi connectivity index (χ4v) is 3.03. The van der Waals surface area contributed by atoms with E-state index in [-0.39, 0.29) is 5.82 Å². The number of fused-ring (bicyclic) bond motifs is 1. The lowest BCUT2D eigenvalue weighted by Gasteiger charge is -2.17. The Morgan fingerprint density at radius 2 is 2.12 bits per heavy atom. The Hall–Kier alpha value is -1.88. The number of hydrogen-bond acceptors (Lipinski definition) is 8. The summed E-state index contributed by atoms with van der Waals surface area (Å²) in [5.74, 6) is 0.0824. The van der Waals surface area contributed by atoms with Gasteiger partial charge in [0.15, 0.2) is 17.7 Å². The zero-order chi connectivity index (χ0) is 17.5. The van der Waals surface area contributed by atoms with Gasteiger partial charge in [-0.25, -0.2) is 15.0 Å². The molecule has 0 aliphatic carbocycles. The Bertz CT molecular complexity index is 819. The number of nitrogen functional groups attached to an aromatic ring is 1. The first-order valence-electron chi connectivity index (χ1n) is 6.94. The van der Waals surface area contributed by atoms with E-state index in [0.29, 0.717) is 17.0 Å². The SMILES string of the molecule is Nc1ncnc2c1ncn2[C@@H]1O[C@H](/C=C/P(=O)(O)O)[C@@H](CO)[C@H]1O. The highest BCUT2D eigenvalue weighted by Crippen LogP contribution is 2.40. The molecule has 0 amide bonds. The number of imidazole rings is 1. The van der Waals surface area contributed by atoms with Crippen LogP contribution >= 0.6 is 7.60 Å². The van der Waals surface area contributed by atoms with Gasteiger partial charge in [-0.1, -0.05) is 0 Å². The first-order valence-corrected chi connectivity index (χ1v) is 8.62. The molecule has 0 bridgehead atoms. The highest BCUT2D eigenvalue weighted by atomic mass is 31.2. The quantitative estimate of drug-likeness (QED) is 0.425. The molecule has 1 aliphatic rings. The molecule has 0 radical (unpaired) electrons. The Labute approximate surface area is 135 Å². The van der Waals surface area contributed by atoms with E-state index < -0.39 is 38.6 Å². The highest BCUT2D eigenvalue weighted by Gasteiger charge is 2.44. The van der Waals surface area contributed by atoms with Crippen molar-refractivity contribution in [3.8, 4) is 0 Å². The molecule has 11 nitrogen and oxygen atoms in total. The van der Waals surface area contributed by atoms with Gasteiger partial charge in [-0.3, -0.25) is 9.13 Å². The largest absolute Gasteiger partial charge is 0.396 e. The molecule has 0 saturated carbocycles. The van der Waals surface area contributed by atoms with Crippen molar-refractivity contribution in [1.82, 2.24) is 19.5 Å². The first kappa shape index (κ1) is 17.0. The zero-order valence-corrected chi connectivity index (χ0v) is 13.1. The van der Waals surface area contributed by atoms with Gasteiger partial charge in [0, 0.05) is 11.7 Å². The van der Waals surface area contributed by atoms with Gasteiger partial charge in [-0.15, -0.1) is 0 Å². The second kappa shape index (κ2) is 6.20. The van der Waals surface area contributed by atoms with Gasteiger partial charge in [-0.05, 0) is 6.08 Å². The summed E-state index contributed by atoms with van der Waals surface area (Å²) in [5.41, 5.74) is 6.38. The predicted octanol–water partition coefficient (Wildman–Crippen LogP) is -1.03. The first-order chi connectivity index (χ1) is 11.3. The number of rotatable bonds is 4. The van der Waals surface area contributed by atoms with Crippen molar-refractivity contribution in [1.29, 1.82) is 0 Å². The van der Waals surface area contributed by atoms with E-state index in [1.807, 2.05) is 0 Å². The van der Waals surface area contributed by atoms with Gasteiger partial charge in [-0.2, -0.15) is 0 Å². The van der Waals surface area contributed by atoms with Crippen LogP contribution < -0.4 is 5.73 Å². The average Bonchev–Trinajstić information content (AvgIpc) is 3.06. The van der Waals surface area contributed by atoms with Crippen molar-refractivity contribution in [2.75, 3.05) is 12.3 Å². The highest BCUT2D eigenvalue weighted by molar-refractivity contribution is 7.55. The molecule has 0 unspecified atom stereocenters. The van der Waals surface area contributed by atoms with Crippen molar-refractivity contribution in [3.05, 3.63) is 24.5 Å². The molecule has 4 atom stereocenters. The maximum atomic E-state index is 11.0. The monoisotopic (exact) mass is 357 g/mol. The van der Waals surface area contributed by atoms with Crippen molar-refractivity contribution >= 4 is 24.6 Å². The third-order valence-electron chi connectivity index (χ3n) is 3.79. The maximum absolute atomic E-state index is 11.0. The molecule has 12 heteroatoms. The van der Waals surface area contributed by atoms with Gasteiger partial charge in [0.05, 0.1) is 19.0 Å². The summed E-state index contributed by atoms with van der Waals surface area (Å²) >= 11 is 0. The minimum atomic E-state index is -4.38. The van der Waals surface area contributed by atoms with E-state index in [2.05, 4.69) is 15.0 Å². The van der Waals surface area contributed by atoms with Crippen LogP contribution in [0.5, 0.6) is 0 Å². The third kappa shape index (κ3) is 3.05. The molecule has 0 aromatic carbocycles. The number of ether oxygens (including phenoxy) is 1. The standard InChI is InChI=1S/C12H16N5O6P/c13-10-8-11(15-4-14-10)17(5-16-8)12-9(19)6(3-18)7(23-12)1-2-24(20,21)22/h1-2,4-7,9,12,18-19H,3H2,(H2,13,14,15)(H2,20,21,22)/b2-1+/t6-,7-,9-,12-/m1/s1. The third-order valence-corrected chi connectivity index (χ3v) is 4.35. The van der Waals surface area contributed by atoms with Crippen LogP contribution in [0, 0.1) is 5.92 Å². The summed E-state index contributed by atoms with van der Waals surface area (Å²) in [6.07, 6.45) is 0.758. The summed E-state index contributed by atoms with van der Waals surface area (Å²) in [6, 6.07) is 0. The molecule has 1 fully saturated rings. The Kier molecular flexibility index (Phi) is 4.38. The summed E-state index contributed by atoms with van der Waals surface area (Å²) in [4.78, 5) is 29.8. The number of hydrogen-bond donors (Lipinski definition) is 5. The van der Waals surface area contributed by atoms with E-state index >= 15 is 0 Å². The lowest BCUT2D eigenvalue weighted by Crippen LogP contribution is -2.28. The van der Waals surface area contributed by atoms with Crippen LogP contribution in [0.15, 0.2) is 24.5 Å². The molecule has 2 aromatic heterocycles. The van der Waals surface area contributed by atoms with Gasteiger partial charge < -0.3 is 30.5 Å². The van der Waals surface area contributed by atoms with Crippen molar-refractivity contribution in [2.24, 2.45) is 5.92 Å². The minimum absolute atomic E-state index is 0.169. The number of aromatic nitrogens is 4. The number of anilines is 1. The summed E-state index contributed by atoms with van der Waals surface area (Å²) < 4.78 is 18.1. The van der Waals surface area contributed by atoms with Crippen LogP contribution in [0.3, 0.4) is 0 Å². The van der Waals surface area contributed by atoms with Crippen LogP contribution in [0.1, 0.15) is 6.23 Å². The smallest absolute Gasteiger partial charge is 0.348 e. The van der Waals surface area contributed by atoms with Crippen LogP contribution in [0.4, 0.5) is 5.82 Å². The number of aliphatic hydroxyl groups is 2. The zero-order valence-electron chi connectivity index (χ0n) is 12.2. The second-order valence-corrected chi connectivity index (χ2v) is 6.82. The molecular formula is C12H16N5O6P. The Balaban J connectivity index is 1.95. The lowest BCUT2D eigenvalue weighted by molar-refractivity contribution is -0.0234. The van der Waals surface area contributed by atoms with Gasteiger partial charge in [0.25, 0.3) is 0 Å². The topological polar surface area (TPSA) is 177 Å². The van der Waals surface area contributed by atoms with Gasteiger partial charge in [0.2, 0.25) is 0 Å². The fraction of sp³-hybridized carbons (Fsp3) is 0.417. The summed E-state index contributed by atoms with van der Waals surface area (Å²) in [7, 11) is -4.38. The predicted molar refractivity (Wildman–Crippen MR) is 81.4 cm³/mol. The van der Waals surface area contributed by atoms with E-state index in [0.717, 1.165) is 6.08 Å². The molecular weight excluding hydrogens is 341 g/mol. The minimum Gasteiger partial charge on any atom is -0.396 e. The fourth-order valence-electron chi connectivity index (χ4n) is 2.63. The molecule has 3 rings (SSSR count). The normalized spacial score (nSPS) is 28.2. The van der Waals surface area contributed by atoms with Crippen LogP contribution in [0.25, 0.3) is 11.2 Å². The molecule has 24 heavy (non-hydrogen) atoms. The van der Waals surface area contributed by atoms with Crippen LogP contribution in [0.2, 0.25) is 0 Å². The van der Waals surface area contributed by atoms with Crippen molar-refractivity contribution in [3.63, 3.8) is 0 Å².